The zero-order valence-corrected chi connectivity index (χ0v) is 10.2. The summed E-state index contributed by atoms with van der Waals surface area (Å²) in [7, 11) is 0. The van der Waals surface area contributed by atoms with E-state index in [0.717, 1.165) is 13.0 Å². The van der Waals surface area contributed by atoms with Gasteiger partial charge in [-0.25, -0.2) is 0 Å². The molecule has 1 fully saturated rings. The highest BCUT2D eigenvalue weighted by Crippen LogP contribution is 2.19. The van der Waals surface area contributed by atoms with E-state index in [1.54, 1.807) is 0 Å². The lowest BCUT2D eigenvalue weighted by molar-refractivity contribution is 0.199. The zero-order valence-electron chi connectivity index (χ0n) is 9.42. The zero-order chi connectivity index (χ0) is 10.2. The number of allylic oxidation sites excluding steroid dienone is 1. The predicted molar refractivity (Wildman–Crippen MR) is 64.7 cm³/mol. The Morgan fingerprint density at radius 3 is 2.71 bits per heavy atom. The molecule has 0 aromatic heterocycles. The molecule has 1 saturated heterocycles. The first-order valence-corrected chi connectivity index (χ1v) is 6.98. The van der Waals surface area contributed by atoms with Gasteiger partial charge in [0.05, 0.1) is 12.4 Å². The third-order valence-corrected chi connectivity index (χ3v) is 3.53. The molecule has 0 spiro atoms. The average molecular weight is 214 g/mol. The summed E-state index contributed by atoms with van der Waals surface area (Å²) in [5.41, 5.74) is 0. The van der Waals surface area contributed by atoms with Crippen molar-refractivity contribution in [3.63, 3.8) is 0 Å². The predicted octanol–water partition coefficient (Wildman–Crippen LogP) is 3.99. The fourth-order valence-electron chi connectivity index (χ4n) is 1.67. The van der Waals surface area contributed by atoms with Gasteiger partial charge < -0.3 is 4.74 Å². The smallest absolute Gasteiger partial charge is 0.0930 e. The molecule has 1 unspecified atom stereocenters. The standard InChI is InChI=1S/C12H22OS/c1-11(14-2)10-12-8-6-4-3-5-7-9-13-12/h10-11H,3-9H2,1-2H3/b12-10-. The van der Waals surface area contributed by atoms with Gasteiger partial charge >= 0.3 is 0 Å². The van der Waals surface area contributed by atoms with Crippen LogP contribution in [0.4, 0.5) is 0 Å². The number of hydrogen-bond acceptors (Lipinski definition) is 2. The largest absolute Gasteiger partial charge is 0.498 e. The lowest BCUT2D eigenvalue weighted by Crippen LogP contribution is -1.98. The molecule has 1 aliphatic rings. The van der Waals surface area contributed by atoms with Gasteiger partial charge in [-0.15, -0.1) is 0 Å². The molecular formula is C12H22OS. The van der Waals surface area contributed by atoms with Crippen LogP contribution in [0.15, 0.2) is 11.8 Å². The van der Waals surface area contributed by atoms with Gasteiger partial charge in [0.25, 0.3) is 0 Å². The molecule has 0 N–H and O–H groups in total. The van der Waals surface area contributed by atoms with Crippen LogP contribution in [0.5, 0.6) is 0 Å². The number of ether oxygens (including phenoxy) is 1. The highest BCUT2D eigenvalue weighted by molar-refractivity contribution is 7.99. The van der Waals surface area contributed by atoms with Crippen LogP contribution in [0.25, 0.3) is 0 Å². The van der Waals surface area contributed by atoms with Crippen LogP contribution in [-0.4, -0.2) is 18.1 Å². The molecule has 1 aliphatic heterocycles. The van der Waals surface area contributed by atoms with Crippen LogP contribution in [0.3, 0.4) is 0 Å². The topological polar surface area (TPSA) is 9.23 Å². The minimum atomic E-state index is 0.589. The molecule has 0 aromatic rings. The minimum absolute atomic E-state index is 0.589. The Labute approximate surface area is 92.3 Å². The molecule has 0 bridgehead atoms. The van der Waals surface area contributed by atoms with Crippen LogP contribution in [-0.2, 0) is 4.74 Å². The second kappa shape index (κ2) is 7.22. The fraction of sp³-hybridized carbons (Fsp3) is 0.833. The first-order valence-electron chi connectivity index (χ1n) is 5.69. The molecule has 0 aliphatic carbocycles. The molecule has 1 atom stereocenters. The molecule has 0 saturated carbocycles. The van der Waals surface area contributed by atoms with Gasteiger partial charge in [0, 0.05) is 11.7 Å². The van der Waals surface area contributed by atoms with Crippen molar-refractivity contribution in [2.45, 2.75) is 50.7 Å². The van der Waals surface area contributed by atoms with E-state index in [1.807, 2.05) is 11.8 Å². The summed E-state index contributed by atoms with van der Waals surface area (Å²) < 4.78 is 5.78. The summed E-state index contributed by atoms with van der Waals surface area (Å²) in [4.78, 5) is 0. The lowest BCUT2D eigenvalue weighted by Gasteiger charge is -2.10. The average Bonchev–Trinajstić information content (AvgIpc) is 2.31. The second-order valence-electron chi connectivity index (χ2n) is 3.94. The Bertz CT molecular complexity index is 165. The molecule has 0 aromatic carbocycles. The highest BCUT2D eigenvalue weighted by Gasteiger charge is 2.05. The van der Waals surface area contributed by atoms with Crippen LogP contribution >= 0.6 is 11.8 Å². The molecule has 82 valence electrons. The van der Waals surface area contributed by atoms with Gasteiger partial charge in [0.1, 0.15) is 0 Å². The van der Waals surface area contributed by atoms with Crippen LogP contribution in [0, 0.1) is 0 Å². The summed E-state index contributed by atoms with van der Waals surface area (Å²) in [6.45, 7) is 3.15. The van der Waals surface area contributed by atoms with Gasteiger partial charge in [0.2, 0.25) is 0 Å². The fourth-order valence-corrected chi connectivity index (χ4v) is 1.96. The summed E-state index contributed by atoms with van der Waals surface area (Å²) >= 11 is 1.88. The summed E-state index contributed by atoms with van der Waals surface area (Å²) in [6, 6.07) is 0. The van der Waals surface area contributed by atoms with E-state index in [4.69, 9.17) is 4.74 Å². The normalized spacial score (nSPS) is 24.6. The van der Waals surface area contributed by atoms with Crippen LogP contribution < -0.4 is 0 Å². The van der Waals surface area contributed by atoms with E-state index < -0.39 is 0 Å². The third kappa shape index (κ3) is 4.94. The van der Waals surface area contributed by atoms with Crippen molar-refractivity contribution in [2.24, 2.45) is 0 Å². The van der Waals surface area contributed by atoms with Gasteiger partial charge in [-0.2, -0.15) is 11.8 Å². The minimum Gasteiger partial charge on any atom is -0.498 e. The number of rotatable bonds is 2. The molecule has 0 amide bonds. The number of thioether (sulfide) groups is 1. The molecular weight excluding hydrogens is 192 g/mol. The Morgan fingerprint density at radius 2 is 1.93 bits per heavy atom. The maximum atomic E-state index is 5.78. The van der Waals surface area contributed by atoms with Crippen molar-refractivity contribution in [1.29, 1.82) is 0 Å². The van der Waals surface area contributed by atoms with E-state index >= 15 is 0 Å². The van der Waals surface area contributed by atoms with Crippen molar-refractivity contribution in [3.05, 3.63) is 11.8 Å². The Hall–Kier alpha value is -0.110. The monoisotopic (exact) mass is 214 g/mol. The van der Waals surface area contributed by atoms with E-state index in [9.17, 15) is 0 Å². The van der Waals surface area contributed by atoms with Crippen LogP contribution in [0.1, 0.15) is 45.4 Å². The van der Waals surface area contributed by atoms with E-state index in [-0.39, 0.29) is 0 Å². The Kier molecular flexibility index (Phi) is 6.17. The van der Waals surface area contributed by atoms with E-state index in [2.05, 4.69) is 19.3 Å². The molecule has 14 heavy (non-hydrogen) atoms. The first kappa shape index (κ1) is 12.0. The summed E-state index contributed by atoms with van der Waals surface area (Å²) in [6.07, 6.45) is 12.2. The van der Waals surface area contributed by atoms with Crippen LogP contribution in [0.2, 0.25) is 0 Å². The molecule has 1 rings (SSSR count). The SMILES string of the molecule is CSC(C)/C=C1/CCCCCCCO1. The highest BCUT2D eigenvalue weighted by atomic mass is 32.2. The van der Waals surface area contributed by atoms with E-state index in [0.29, 0.717) is 5.25 Å². The maximum Gasteiger partial charge on any atom is 0.0930 e. The second-order valence-corrected chi connectivity index (χ2v) is 5.16. The van der Waals surface area contributed by atoms with Crippen molar-refractivity contribution in [2.75, 3.05) is 12.9 Å². The molecule has 2 heteroatoms. The lowest BCUT2D eigenvalue weighted by atomic mass is 10.1. The van der Waals surface area contributed by atoms with Crippen molar-refractivity contribution in [3.8, 4) is 0 Å². The maximum absolute atomic E-state index is 5.78. The van der Waals surface area contributed by atoms with E-state index in [1.165, 1.54) is 37.9 Å². The molecule has 1 heterocycles. The first-order chi connectivity index (χ1) is 6.83. The third-order valence-electron chi connectivity index (χ3n) is 2.65. The van der Waals surface area contributed by atoms with Gasteiger partial charge in [-0.05, 0) is 32.1 Å². The quantitative estimate of drug-likeness (QED) is 0.687. The summed E-state index contributed by atoms with van der Waals surface area (Å²) in [5, 5.41) is 0.589. The van der Waals surface area contributed by atoms with Crippen molar-refractivity contribution in [1.82, 2.24) is 0 Å². The van der Waals surface area contributed by atoms with Gasteiger partial charge in [0.15, 0.2) is 0 Å². The Morgan fingerprint density at radius 1 is 1.21 bits per heavy atom. The molecule has 0 radical (unpaired) electrons. The van der Waals surface area contributed by atoms with Gasteiger partial charge in [-0.1, -0.05) is 19.3 Å². The van der Waals surface area contributed by atoms with Crippen molar-refractivity contribution >= 4 is 11.8 Å². The Balaban J connectivity index is 2.42. The summed E-state index contributed by atoms with van der Waals surface area (Å²) in [5.74, 6) is 1.23. The molecule has 1 nitrogen and oxygen atoms in total. The number of hydrogen-bond donors (Lipinski definition) is 0. The van der Waals surface area contributed by atoms with Crippen molar-refractivity contribution < 1.29 is 4.74 Å². The van der Waals surface area contributed by atoms with Gasteiger partial charge in [-0.3, -0.25) is 0 Å².